The number of hydrogen-bond acceptors (Lipinski definition) is 2. The first-order valence-corrected chi connectivity index (χ1v) is 11.7. The maximum Gasteiger partial charge on any atom is 0.119 e. The molecule has 0 bridgehead atoms. The molecule has 2 fully saturated rings. The van der Waals surface area contributed by atoms with Crippen molar-refractivity contribution in [3.63, 3.8) is 0 Å². The van der Waals surface area contributed by atoms with Crippen LogP contribution in [0.1, 0.15) is 49.1 Å². The third kappa shape index (κ3) is 3.69. The highest BCUT2D eigenvalue weighted by Crippen LogP contribution is 2.55. The largest absolute Gasteiger partial charge is 0.497 e. The highest BCUT2D eigenvalue weighted by molar-refractivity contribution is 9.10. The quantitative estimate of drug-likeness (QED) is 0.550. The van der Waals surface area contributed by atoms with Gasteiger partial charge in [-0.2, -0.15) is 0 Å². The molecule has 154 valence electrons. The van der Waals surface area contributed by atoms with E-state index in [1.165, 1.54) is 30.4 Å². The van der Waals surface area contributed by atoms with Gasteiger partial charge < -0.3 is 10.1 Å². The number of ether oxygens (including phenoxy) is 1. The Morgan fingerprint density at radius 3 is 2.59 bits per heavy atom. The van der Waals surface area contributed by atoms with Crippen LogP contribution in [0.5, 0.6) is 5.75 Å². The van der Waals surface area contributed by atoms with Crippen LogP contribution in [0.25, 0.3) is 0 Å². The minimum absolute atomic E-state index is 0.239. The number of nitrogens with one attached hydrogen (secondary N) is 1. The van der Waals surface area contributed by atoms with Gasteiger partial charge in [-0.25, -0.2) is 4.39 Å². The maximum atomic E-state index is 14.9. The van der Waals surface area contributed by atoms with E-state index in [1.54, 1.807) is 7.11 Å². The van der Waals surface area contributed by atoms with E-state index in [1.807, 2.05) is 0 Å². The summed E-state index contributed by atoms with van der Waals surface area (Å²) in [4.78, 5) is 0. The number of aryl methyl sites for hydroxylation is 1. The molecule has 0 amide bonds. The van der Waals surface area contributed by atoms with E-state index in [0.29, 0.717) is 30.1 Å². The SMILES string of the molecule is COc1ccc2c(c1)CC[C@H]1[C@@H]3CC(F)CC(Nc4ccc(Br)cc4)[C@H]3CC[C@H]21. The van der Waals surface area contributed by atoms with Crippen molar-refractivity contribution in [2.45, 2.75) is 56.7 Å². The van der Waals surface area contributed by atoms with Gasteiger partial charge >= 0.3 is 0 Å². The summed E-state index contributed by atoms with van der Waals surface area (Å²) in [5, 5.41) is 3.69. The van der Waals surface area contributed by atoms with Gasteiger partial charge in [-0.3, -0.25) is 0 Å². The van der Waals surface area contributed by atoms with Crippen LogP contribution in [0.2, 0.25) is 0 Å². The molecule has 0 aromatic heterocycles. The van der Waals surface area contributed by atoms with Crippen molar-refractivity contribution < 1.29 is 9.13 Å². The summed E-state index contributed by atoms with van der Waals surface area (Å²) in [7, 11) is 1.74. The highest BCUT2D eigenvalue weighted by Gasteiger charge is 2.48. The molecule has 29 heavy (non-hydrogen) atoms. The van der Waals surface area contributed by atoms with Gasteiger partial charge in [0, 0.05) is 16.2 Å². The Morgan fingerprint density at radius 1 is 0.966 bits per heavy atom. The Kier molecular flexibility index (Phi) is 5.32. The number of methoxy groups -OCH3 is 1. The average molecular weight is 458 g/mol. The monoisotopic (exact) mass is 457 g/mol. The molecular weight excluding hydrogens is 429 g/mol. The second-order valence-electron chi connectivity index (χ2n) is 9.11. The molecule has 2 aromatic carbocycles. The van der Waals surface area contributed by atoms with Crippen molar-refractivity contribution in [1.29, 1.82) is 0 Å². The summed E-state index contributed by atoms with van der Waals surface area (Å²) >= 11 is 3.50. The molecule has 2 saturated carbocycles. The van der Waals surface area contributed by atoms with Crippen molar-refractivity contribution in [2.75, 3.05) is 12.4 Å². The lowest BCUT2D eigenvalue weighted by atomic mass is 9.55. The third-order valence-electron chi connectivity index (χ3n) is 7.68. The van der Waals surface area contributed by atoms with Crippen LogP contribution in [-0.2, 0) is 6.42 Å². The van der Waals surface area contributed by atoms with Gasteiger partial charge in [-0.05, 0) is 110 Å². The second-order valence-corrected chi connectivity index (χ2v) is 10.0. The van der Waals surface area contributed by atoms with E-state index in [9.17, 15) is 4.39 Å². The van der Waals surface area contributed by atoms with Gasteiger partial charge in [0.15, 0.2) is 0 Å². The molecule has 2 nitrogen and oxygen atoms in total. The minimum atomic E-state index is -0.694. The standard InChI is InChI=1S/C25H29BrFNO/c1-29-19-7-9-20-15(12-19)2-8-22-21(20)10-11-23-24(22)13-17(27)14-25(23)28-18-5-3-16(26)4-6-18/h3-7,9,12,17,21-25,28H,2,8,10-11,13-14H2,1H3/t17?,21-,22-,23+,24+,25?/m1/s1. The molecular formula is C25H29BrFNO. The minimum Gasteiger partial charge on any atom is -0.497 e. The fourth-order valence-corrected chi connectivity index (χ4v) is 6.71. The number of anilines is 1. The van der Waals surface area contributed by atoms with E-state index in [4.69, 9.17) is 4.74 Å². The van der Waals surface area contributed by atoms with Crippen molar-refractivity contribution in [3.8, 4) is 5.75 Å². The van der Waals surface area contributed by atoms with Crippen molar-refractivity contribution in [2.24, 2.45) is 17.8 Å². The lowest BCUT2D eigenvalue weighted by Crippen LogP contribution is -2.49. The molecule has 0 heterocycles. The number of halogens is 2. The van der Waals surface area contributed by atoms with Gasteiger partial charge in [-0.1, -0.05) is 22.0 Å². The van der Waals surface area contributed by atoms with E-state index >= 15 is 0 Å². The molecule has 1 N–H and O–H groups in total. The third-order valence-corrected chi connectivity index (χ3v) is 8.20. The molecule has 3 aliphatic rings. The maximum absolute atomic E-state index is 14.9. The Morgan fingerprint density at radius 2 is 1.79 bits per heavy atom. The van der Waals surface area contributed by atoms with E-state index in [0.717, 1.165) is 28.8 Å². The van der Waals surface area contributed by atoms with Gasteiger partial charge in [0.2, 0.25) is 0 Å². The fourth-order valence-electron chi connectivity index (χ4n) is 6.44. The summed E-state index contributed by atoms with van der Waals surface area (Å²) in [6, 6.07) is 15.1. The summed E-state index contributed by atoms with van der Waals surface area (Å²) in [5.41, 5.74) is 4.05. The lowest BCUT2D eigenvalue weighted by Gasteiger charge is -2.52. The Hall–Kier alpha value is -1.55. The molecule has 4 heteroatoms. The summed E-state index contributed by atoms with van der Waals surface area (Å²) in [6.45, 7) is 0. The van der Waals surface area contributed by atoms with Crippen molar-refractivity contribution in [1.82, 2.24) is 0 Å². The predicted molar refractivity (Wildman–Crippen MR) is 119 cm³/mol. The molecule has 2 aromatic rings. The smallest absolute Gasteiger partial charge is 0.119 e. The number of fused-ring (bicyclic) bond motifs is 5. The summed E-state index contributed by atoms with van der Waals surface area (Å²) in [6.07, 6.45) is 5.39. The van der Waals surface area contributed by atoms with Crippen molar-refractivity contribution in [3.05, 3.63) is 58.1 Å². The van der Waals surface area contributed by atoms with Crippen LogP contribution < -0.4 is 10.1 Å². The normalized spacial score (nSPS) is 33.2. The second kappa shape index (κ2) is 7.94. The van der Waals surface area contributed by atoms with Crippen LogP contribution >= 0.6 is 15.9 Å². The van der Waals surface area contributed by atoms with Crippen LogP contribution in [0.15, 0.2) is 46.9 Å². The number of hydrogen-bond donors (Lipinski definition) is 1. The van der Waals surface area contributed by atoms with Crippen LogP contribution in [0.4, 0.5) is 10.1 Å². The lowest BCUT2D eigenvalue weighted by molar-refractivity contribution is 0.0284. The van der Waals surface area contributed by atoms with Crippen LogP contribution in [0.3, 0.4) is 0 Å². The zero-order chi connectivity index (χ0) is 20.0. The van der Waals surface area contributed by atoms with Gasteiger partial charge in [0.1, 0.15) is 11.9 Å². The number of rotatable bonds is 3. The predicted octanol–water partition coefficient (Wildman–Crippen LogP) is 6.74. The fraction of sp³-hybridized carbons (Fsp3) is 0.520. The molecule has 0 radical (unpaired) electrons. The zero-order valence-corrected chi connectivity index (χ0v) is 18.5. The van der Waals surface area contributed by atoms with Crippen LogP contribution in [0, 0.1) is 17.8 Å². The molecule has 5 rings (SSSR count). The number of benzene rings is 2. The first kappa shape index (κ1) is 19.4. The van der Waals surface area contributed by atoms with Gasteiger partial charge in [0.05, 0.1) is 7.11 Å². The van der Waals surface area contributed by atoms with E-state index < -0.39 is 6.17 Å². The Bertz CT molecular complexity index is 870. The summed E-state index contributed by atoms with van der Waals surface area (Å²) < 4.78 is 21.4. The first-order valence-electron chi connectivity index (χ1n) is 11.0. The average Bonchev–Trinajstić information content (AvgIpc) is 2.74. The topological polar surface area (TPSA) is 21.3 Å². The first-order chi connectivity index (χ1) is 14.1. The Labute approximate surface area is 181 Å². The zero-order valence-electron chi connectivity index (χ0n) is 16.9. The van der Waals surface area contributed by atoms with E-state index in [-0.39, 0.29) is 6.04 Å². The van der Waals surface area contributed by atoms with Crippen LogP contribution in [-0.4, -0.2) is 19.3 Å². The summed E-state index contributed by atoms with van der Waals surface area (Å²) in [5.74, 6) is 3.22. The highest BCUT2D eigenvalue weighted by atomic mass is 79.9. The molecule has 3 aliphatic carbocycles. The van der Waals surface area contributed by atoms with Gasteiger partial charge in [0.25, 0.3) is 0 Å². The number of alkyl halides is 1. The Balaban J connectivity index is 1.38. The van der Waals surface area contributed by atoms with E-state index in [2.05, 4.69) is 63.7 Å². The van der Waals surface area contributed by atoms with Crippen molar-refractivity contribution >= 4 is 21.6 Å². The molecule has 2 unspecified atom stereocenters. The molecule has 0 saturated heterocycles. The molecule has 6 atom stereocenters. The molecule has 0 aliphatic heterocycles. The molecule has 0 spiro atoms. The van der Waals surface area contributed by atoms with Gasteiger partial charge in [-0.15, -0.1) is 0 Å².